The fourth-order valence-corrected chi connectivity index (χ4v) is 2.62. The first kappa shape index (κ1) is 14.5. The van der Waals surface area contributed by atoms with Gasteiger partial charge in [0, 0.05) is 32.4 Å². The van der Waals surface area contributed by atoms with Crippen molar-refractivity contribution in [1.82, 2.24) is 15.1 Å². The summed E-state index contributed by atoms with van der Waals surface area (Å²) in [6.07, 6.45) is 1.65. The molecule has 1 atom stereocenters. The summed E-state index contributed by atoms with van der Waals surface area (Å²) < 4.78 is 0. The van der Waals surface area contributed by atoms with Gasteiger partial charge in [0.2, 0.25) is 5.91 Å². The topological polar surface area (TPSA) is 75.4 Å². The maximum absolute atomic E-state index is 12.5. The van der Waals surface area contributed by atoms with Crippen LogP contribution in [0.1, 0.15) is 11.6 Å². The Balaban J connectivity index is 1.60. The van der Waals surface area contributed by atoms with Gasteiger partial charge in [-0.2, -0.15) is 5.10 Å². The first-order valence-corrected chi connectivity index (χ1v) is 7.37. The summed E-state index contributed by atoms with van der Waals surface area (Å²) in [5.74, 6) is 0.826. The molecule has 6 heteroatoms. The highest BCUT2D eigenvalue weighted by molar-refractivity contribution is 5.83. The quantitative estimate of drug-likeness (QED) is 0.908. The largest absolute Gasteiger partial charge is 0.352 e. The lowest BCUT2D eigenvalue weighted by Crippen LogP contribution is -2.51. The van der Waals surface area contributed by atoms with E-state index in [4.69, 9.17) is 5.73 Å². The fraction of sp³-hybridized carbons (Fsp3) is 0.312. The molecule has 1 fully saturated rings. The van der Waals surface area contributed by atoms with Crippen molar-refractivity contribution in [3.05, 3.63) is 54.2 Å². The number of nitrogens with zero attached hydrogens (tertiary/aromatic N) is 4. The van der Waals surface area contributed by atoms with Crippen LogP contribution in [0.4, 0.5) is 5.82 Å². The van der Waals surface area contributed by atoms with E-state index in [1.54, 1.807) is 6.20 Å². The number of carbonyl (C=O) groups is 1. The smallest absolute Gasteiger partial charge is 0.244 e. The van der Waals surface area contributed by atoms with Crippen LogP contribution in [-0.2, 0) is 4.79 Å². The van der Waals surface area contributed by atoms with Gasteiger partial charge in [0.1, 0.15) is 6.04 Å². The summed E-state index contributed by atoms with van der Waals surface area (Å²) in [5, 5.41) is 7.99. The van der Waals surface area contributed by atoms with E-state index in [0.29, 0.717) is 13.1 Å². The minimum atomic E-state index is -0.593. The van der Waals surface area contributed by atoms with Crippen LogP contribution in [-0.4, -0.2) is 47.2 Å². The average Bonchev–Trinajstić information content (AvgIpc) is 2.62. The zero-order chi connectivity index (χ0) is 15.4. The fourth-order valence-electron chi connectivity index (χ4n) is 2.62. The number of amides is 1. The standard InChI is InChI=1S/C16H19N5O/c17-15(13-5-2-1-3-6-13)16(22)21-11-9-20(10-12-21)14-7-4-8-18-19-14/h1-8,15H,9-12,17H2. The van der Waals surface area contributed by atoms with Crippen molar-refractivity contribution >= 4 is 11.7 Å². The number of rotatable bonds is 3. The predicted molar refractivity (Wildman–Crippen MR) is 84.2 cm³/mol. The third kappa shape index (κ3) is 3.07. The van der Waals surface area contributed by atoms with Crippen LogP contribution in [0.15, 0.2) is 48.7 Å². The van der Waals surface area contributed by atoms with E-state index in [0.717, 1.165) is 24.5 Å². The number of nitrogens with two attached hydrogens (primary N) is 1. The van der Waals surface area contributed by atoms with Crippen molar-refractivity contribution in [2.24, 2.45) is 5.73 Å². The van der Waals surface area contributed by atoms with Gasteiger partial charge in [-0.25, -0.2) is 0 Å². The van der Waals surface area contributed by atoms with E-state index in [1.807, 2.05) is 47.4 Å². The Morgan fingerprint density at radius 1 is 1.05 bits per heavy atom. The molecule has 0 saturated carbocycles. The molecular weight excluding hydrogens is 278 g/mol. The van der Waals surface area contributed by atoms with Crippen LogP contribution >= 0.6 is 0 Å². The summed E-state index contributed by atoms with van der Waals surface area (Å²) in [4.78, 5) is 16.4. The third-order valence-electron chi connectivity index (χ3n) is 3.90. The van der Waals surface area contributed by atoms with Gasteiger partial charge < -0.3 is 15.5 Å². The molecule has 0 aliphatic carbocycles. The molecule has 1 aliphatic rings. The molecule has 6 nitrogen and oxygen atoms in total. The second kappa shape index (κ2) is 6.53. The highest BCUT2D eigenvalue weighted by atomic mass is 16.2. The van der Waals surface area contributed by atoms with E-state index >= 15 is 0 Å². The lowest BCUT2D eigenvalue weighted by molar-refractivity contribution is -0.133. The van der Waals surface area contributed by atoms with Gasteiger partial charge in [-0.3, -0.25) is 4.79 Å². The van der Waals surface area contributed by atoms with E-state index in [2.05, 4.69) is 15.1 Å². The second-order valence-corrected chi connectivity index (χ2v) is 5.28. The Kier molecular flexibility index (Phi) is 4.29. The molecule has 22 heavy (non-hydrogen) atoms. The van der Waals surface area contributed by atoms with Crippen molar-refractivity contribution in [2.75, 3.05) is 31.1 Å². The first-order chi connectivity index (χ1) is 10.8. The molecule has 1 amide bonds. The maximum Gasteiger partial charge on any atom is 0.244 e. The molecular formula is C16H19N5O. The van der Waals surface area contributed by atoms with E-state index in [9.17, 15) is 4.79 Å². The van der Waals surface area contributed by atoms with Crippen molar-refractivity contribution in [2.45, 2.75) is 6.04 Å². The Labute approximate surface area is 129 Å². The number of hydrogen-bond donors (Lipinski definition) is 1. The highest BCUT2D eigenvalue weighted by Crippen LogP contribution is 2.16. The maximum atomic E-state index is 12.5. The van der Waals surface area contributed by atoms with Gasteiger partial charge in [0.15, 0.2) is 5.82 Å². The average molecular weight is 297 g/mol. The molecule has 3 rings (SSSR count). The summed E-state index contributed by atoms with van der Waals surface area (Å²) >= 11 is 0. The van der Waals surface area contributed by atoms with Crippen molar-refractivity contribution in [3.8, 4) is 0 Å². The minimum Gasteiger partial charge on any atom is -0.352 e. The number of piperazine rings is 1. The van der Waals surface area contributed by atoms with E-state index in [1.165, 1.54) is 0 Å². The number of aromatic nitrogens is 2. The van der Waals surface area contributed by atoms with Crippen LogP contribution in [0, 0.1) is 0 Å². The van der Waals surface area contributed by atoms with Crippen LogP contribution in [0.3, 0.4) is 0 Å². The van der Waals surface area contributed by atoms with Crippen molar-refractivity contribution < 1.29 is 4.79 Å². The van der Waals surface area contributed by atoms with Crippen molar-refractivity contribution in [1.29, 1.82) is 0 Å². The molecule has 2 aromatic rings. The van der Waals surface area contributed by atoms with Gasteiger partial charge in [-0.05, 0) is 17.7 Å². The Morgan fingerprint density at radius 2 is 1.77 bits per heavy atom. The summed E-state index contributed by atoms with van der Waals surface area (Å²) in [6.45, 7) is 2.78. The van der Waals surface area contributed by atoms with E-state index < -0.39 is 6.04 Å². The number of benzene rings is 1. The second-order valence-electron chi connectivity index (χ2n) is 5.28. The third-order valence-corrected chi connectivity index (χ3v) is 3.90. The van der Waals surface area contributed by atoms with Gasteiger partial charge in [-0.15, -0.1) is 5.10 Å². The predicted octanol–water partition coefficient (Wildman–Crippen LogP) is 0.825. The highest BCUT2D eigenvalue weighted by Gasteiger charge is 2.26. The van der Waals surface area contributed by atoms with Crippen molar-refractivity contribution in [3.63, 3.8) is 0 Å². The lowest BCUT2D eigenvalue weighted by Gasteiger charge is -2.36. The number of hydrogen-bond acceptors (Lipinski definition) is 5. The van der Waals surface area contributed by atoms with Crippen LogP contribution < -0.4 is 10.6 Å². The Hall–Kier alpha value is -2.47. The molecule has 2 N–H and O–H groups in total. The van der Waals surface area contributed by atoms with Crippen LogP contribution in [0.2, 0.25) is 0 Å². The monoisotopic (exact) mass is 297 g/mol. The molecule has 0 radical (unpaired) electrons. The summed E-state index contributed by atoms with van der Waals surface area (Å²) in [7, 11) is 0. The van der Waals surface area contributed by atoms with Gasteiger partial charge in [0.25, 0.3) is 0 Å². The molecule has 1 aromatic carbocycles. The molecule has 1 saturated heterocycles. The molecule has 0 spiro atoms. The Morgan fingerprint density at radius 3 is 2.41 bits per heavy atom. The zero-order valence-corrected chi connectivity index (χ0v) is 12.3. The van der Waals surface area contributed by atoms with Crippen LogP contribution in [0.25, 0.3) is 0 Å². The SMILES string of the molecule is NC(C(=O)N1CCN(c2cccnn2)CC1)c1ccccc1. The molecule has 2 heterocycles. The molecule has 1 unspecified atom stereocenters. The molecule has 1 aliphatic heterocycles. The van der Waals surface area contributed by atoms with Gasteiger partial charge >= 0.3 is 0 Å². The Bertz CT molecular complexity index is 611. The first-order valence-electron chi connectivity index (χ1n) is 7.37. The molecule has 0 bridgehead atoms. The van der Waals surface area contributed by atoms with Crippen LogP contribution in [0.5, 0.6) is 0 Å². The number of anilines is 1. The zero-order valence-electron chi connectivity index (χ0n) is 12.3. The van der Waals surface area contributed by atoms with Gasteiger partial charge in [0.05, 0.1) is 0 Å². The summed E-state index contributed by atoms with van der Waals surface area (Å²) in [5.41, 5.74) is 6.94. The lowest BCUT2D eigenvalue weighted by atomic mass is 10.1. The van der Waals surface area contributed by atoms with Gasteiger partial charge in [-0.1, -0.05) is 30.3 Å². The molecule has 114 valence electrons. The van der Waals surface area contributed by atoms with E-state index in [-0.39, 0.29) is 5.91 Å². The number of carbonyl (C=O) groups excluding carboxylic acids is 1. The minimum absolute atomic E-state index is 0.0232. The summed E-state index contributed by atoms with van der Waals surface area (Å²) in [6, 6.07) is 12.7. The molecule has 1 aromatic heterocycles. The normalized spacial score (nSPS) is 16.4.